The van der Waals surface area contributed by atoms with Crippen LogP contribution in [0.1, 0.15) is 35.9 Å². The summed E-state index contributed by atoms with van der Waals surface area (Å²) in [5.74, 6) is 1.78. The zero-order valence-corrected chi connectivity index (χ0v) is 20.6. The van der Waals surface area contributed by atoms with Crippen molar-refractivity contribution in [2.24, 2.45) is 0 Å². The van der Waals surface area contributed by atoms with Crippen LogP contribution in [0.4, 0.5) is 11.4 Å². The Hall–Kier alpha value is -3.64. The number of methoxy groups -OCH3 is 3. The Bertz CT molecular complexity index is 1320. The standard InChI is InChI=1S/C28H27ClN2O4/c1-33-24-15-26(35-3)25(34-2)14-18(24)28-27-22(30-20-10-6-7-11-21(20)31-28)12-16(13-23(27)32)17-8-4-5-9-19(17)29/h4-11,14-16,28,30-31H,12-13H2,1-3H3/t16-,28+/m0/s1. The van der Waals surface area contributed by atoms with Gasteiger partial charge in [0.15, 0.2) is 17.3 Å². The highest BCUT2D eigenvalue weighted by atomic mass is 35.5. The molecule has 5 rings (SSSR count). The number of hydrogen-bond acceptors (Lipinski definition) is 6. The van der Waals surface area contributed by atoms with E-state index in [-0.39, 0.29) is 11.7 Å². The number of halogens is 1. The smallest absolute Gasteiger partial charge is 0.164 e. The maximum Gasteiger partial charge on any atom is 0.164 e. The first-order valence-electron chi connectivity index (χ1n) is 11.5. The molecular formula is C28H27ClN2O4. The molecule has 0 saturated carbocycles. The van der Waals surface area contributed by atoms with E-state index in [1.54, 1.807) is 27.4 Å². The molecule has 3 aromatic carbocycles. The number of rotatable bonds is 5. The molecule has 35 heavy (non-hydrogen) atoms. The number of allylic oxidation sites excluding steroid dienone is 1. The molecule has 1 heterocycles. The first-order chi connectivity index (χ1) is 17.0. The first kappa shape index (κ1) is 23.1. The fraction of sp³-hybridized carbons (Fsp3) is 0.250. The van der Waals surface area contributed by atoms with Gasteiger partial charge in [0.25, 0.3) is 0 Å². The van der Waals surface area contributed by atoms with Crippen molar-refractivity contribution in [3.05, 3.63) is 88.1 Å². The van der Waals surface area contributed by atoms with E-state index in [0.717, 1.165) is 28.2 Å². The topological polar surface area (TPSA) is 68.8 Å². The summed E-state index contributed by atoms with van der Waals surface area (Å²) in [4.78, 5) is 13.8. The molecule has 6 nitrogen and oxygen atoms in total. The van der Waals surface area contributed by atoms with Crippen LogP contribution in [0.3, 0.4) is 0 Å². The van der Waals surface area contributed by atoms with Crippen molar-refractivity contribution in [1.82, 2.24) is 0 Å². The molecule has 2 N–H and O–H groups in total. The quantitative estimate of drug-likeness (QED) is 0.434. The zero-order chi connectivity index (χ0) is 24.5. The molecular weight excluding hydrogens is 464 g/mol. The molecule has 1 aliphatic carbocycles. The van der Waals surface area contributed by atoms with Crippen LogP contribution in [0.2, 0.25) is 5.02 Å². The lowest BCUT2D eigenvalue weighted by Gasteiger charge is -2.31. The maximum absolute atomic E-state index is 13.8. The summed E-state index contributed by atoms with van der Waals surface area (Å²) in [6, 6.07) is 18.9. The minimum absolute atomic E-state index is 0.0133. The molecule has 0 fully saturated rings. The Morgan fingerprint density at radius 1 is 0.800 bits per heavy atom. The average Bonchev–Trinajstić information content (AvgIpc) is 3.05. The second kappa shape index (κ2) is 9.55. The molecule has 1 aliphatic heterocycles. The molecule has 3 aromatic rings. The predicted octanol–water partition coefficient (Wildman–Crippen LogP) is 6.35. The second-order valence-electron chi connectivity index (χ2n) is 8.64. The predicted molar refractivity (Wildman–Crippen MR) is 138 cm³/mol. The van der Waals surface area contributed by atoms with Crippen molar-refractivity contribution >= 4 is 28.8 Å². The van der Waals surface area contributed by atoms with Crippen molar-refractivity contribution in [1.29, 1.82) is 0 Å². The number of ketones is 1. The third-order valence-electron chi connectivity index (χ3n) is 6.70. The molecule has 7 heteroatoms. The molecule has 0 spiro atoms. The largest absolute Gasteiger partial charge is 0.496 e. The molecule has 2 atom stereocenters. The molecule has 180 valence electrons. The minimum Gasteiger partial charge on any atom is -0.496 e. The van der Waals surface area contributed by atoms with Gasteiger partial charge in [-0.15, -0.1) is 0 Å². The molecule has 0 unspecified atom stereocenters. The van der Waals surface area contributed by atoms with E-state index in [1.165, 1.54) is 0 Å². The van der Waals surface area contributed by atoms with Crippen molar-refractivity contribution in [3.63, 3.8) is 0 Å². The van der Waals surface area contributed by atoms with Gasteiger partial charge in [0.2, 0.25) is 0 Å². The highest BCUT2D eigenvalue weighted by Gasteiger charge is 2.38. The van der Waals surface area contributed by atoms with Gasteiger partial charge in [0.05, 0.1) is 38.7 Å². The van der Waals surface area contributed by atoms with Gasteiger partial charge in [-0.05, 0) is 42.2 Å². The summed E-state index contributed by atoms with van der Waals surface area (Å²) in [7, 11) is 4.79. The number of para-hydroxylation sites is 2. The summed E-state index contributed by atoms with van der Waals surface area (Å²) in [5, 5.41) is 7.83. The van der Waals surface area contributed by atoms with E-state index in [0.29, 0.717) is 40.7 Å². The lowest BCUT2D eigenvalue weighted by Crippen LogP contribution is -2.27. The highest BCUT2D eigenvalue weighted by molar-refractivity contribution is 6.31. The van der Waals surface area contributed by atoms with E-state index in [4.69, 9.17) is 25.8 Å². The second-order valence-corrected chi connectivity index (χ2v) is 9.05. The van der Waals surface area contributed by atoms with Gasteiger partial charge in [-0.2, -0.15) is 0 Å². The van der Waals surface area contributed by atoms with E-state index in [1.807, 2.05) is 54.6 Å². The number of hydrogen-bond donors (Lipinski definition) is 2. The first-order valence-corrected chi connectivity index (χ1v) is 11.8. The average molecular weight is 491 g/mol. The number of carbonyl (C=O) groups excluding carboxylic acids is 1. The zero-order valence-electron chi connectivity index (χ0n) is 19.9. The fourth-order valence-electron chi connectivity index (χ4n) is 5.03. The van der Waals surface area contributed by atoms with Gasteiger partial charge in [-0.3, -0.25) is 4.79 Å². The molecule has 0 saturated heterocycles. The maximum atomic E-state index is 13.8. The molecule has 2 aliphatic rings. The van der Waals surface area contributed by atoms with Crippen LogP contribution in [0.25, 0.3) is 0 Å². The Kier molecular flexibility index (Phi) is 6.31. The molecule has 0 radical (unpaired) electrons. The van der Waals surface area contributed by atoms with Crippen LogP contribution < -0.4 is 24.8 Å². The van der Waals surface area contributed by atoms with Crippen molar-refractivity contribution in [2.45, 2.75) is 24.8 Å². The fourth-order valence-corrected chi connectivity index (χ4v) is 5.32. The Morgan fingerprint density at radius 2 is 1.46 bits per heavy atom. The molecule has 0 amide bonds. The van der Waals surface area contributed by atoms with Crippen molar-refractivity contribution in [3.8, 4) is 17.2 Å². The monoisotopic (exact) mass is 490 g/mol. The third-order valence-corrected chi connectivity index (χ3v) is 7.05. The Morgan fingerprint density at radius 3 is 2.17 bits per heavy atom. The number of nitrogens with one attached hydrogen (secondary N) is 2. The van der Waals surface area contributed by atoms with Crippen LogP contribution in [0.15, 0.2) is 71.9 Å². The SMILES string of the molecule is COc1cc(OC)c([C@H]2Nc3ccccc3NC3=C2C(=O)C[C@@H](c2ccccc2Cl)C3)cc1OC. The lowest BCUT2D eigenvalue weighted by atomic mass is 9.78. The number of carbonyl (C=O) groups is 1. The van der Waals surface area contributed by atoms with Crippen LogP contribution in [0.5, 0.6) is 17.2 Å². The van der Waals surface area contributed by atoms with Crippen LogP contribution in [-0.2, 0) is 4.79 Å². The van der Waals surface area contributed by atoms with Gasteiger partial charge in [-0.25, -0.2) is 0 Å². The van der Waals surface area contributed by atoms with Gasteiger partial charge in [0.1, 0.15) is 5.75 Å². The normalized spacial score (nSPS) is 19.0. The Labute approximate surface area is 209 Å². The lowest BCUT2D eigenvalue weighted by molar-refractivity contribution is -0.116. The number of Topliss-reactive ketones (excluding diaryl/α,β-unsaturated/α-hetero) is 1. The van der Waals surface area contributed by atoms with Gasteiger partial charge >= 0.3 is 0 Å². The van der Waals surface area contributed by atoms with Crippen LogP contribution in [-0.4, -0.2) is 27.1 Å². The van der Waals surface area contributed by atoms with E-state index < -0.39 is 6.04 Å². The highest BCUT2D eigenvalue weighted by Crippen LogP contribution is 2.48. The van der Waals surface area contributed by atoms with Crippen LogP contribution >= 0.6 is 11.6 Å². The summed E-state index contributed by atoms with van der Waals surface area (Å²) >= 11 is 6.52. The molecule has 0 bridgehead atoms. The van der Waals surface area contributed by atoms with Crippen molar-refractivity contribution in [2.75, 3.05) is 32.0 Å². The summed E-state index contributed by atoms with van der Waals surface area (Å²) in [6.07, 6.45) is 1.03. The van der Waals surface area contributed by atoms with Crippen molar-refractivity contribution < 1.29 is 19.0 Å². The van der Waals surface area contributed by atoms with E-state index in [9.17, 15) is 4.79 Å². The van der Waals surface area contributed by atoms with Gasteiger partial charge < -0.3 is 24.8 Å². The number of benzene rings is 3. The number of anilines is 2. The summed E-state index contributed by atoms with van der Waals surface area (Å²) in [5.41, 5.74) is 5.16. The summed E-state index contributed by atoms with van der Waals surface area (Å²) in [6.45, 7) is 0. The van der Waals surface area contributed by atoms with Gasteiger partial charge in [0, 0.05) is 34.3 Å². The summed E-state index contributed by atoms with van der Waals surface area (Å²) < 4.78 is 16.8. The third kappa shape index (κ3) is 4.19. The van der Waals surface area contributed by atoms with E-state index in [2.05, 4.69) is 10.6 Å². The molecule has 0 aromatic heterocycles. The minimum atomic E-state index is -0.449. The van der Waals surface area contributed by atoms with Crippen LogP contribution in [0, 0.1) is 0 Å². The number of ether oxygens (including phenoxy) is 3. The Balaban J connectivity index is 1.67. The van der Waals surface area contributed by atoms with E-state index >= 15 is 0 Å². The van der Waals surface area contributed by atoms with Gasteiger partial charge in [-0.1, -0.05) is 41.9 Å². The number of fused-ring (bicyclic) bond motifs is 1.